The van der Waals surface area contributed by atoms with Crippen molar-refractivity contribution in [3.63, 3.8) is 0 Å². The third-order valence-electron chi connectivity index (χ3n) is 5.54. The van der Waals surface area contributed by atoms with Crippen LogP contribution >= 0.6 is 22.9 Å². The SMILES string of the molecule is COC(=O)C1=C(CN2CCO[C@H](/C=C/C(=O)O)C2)NC(c2nccs2)=N[C@H]1c1ccc(F)c(F)c1Cl. The fourth-order valence-corrected chi connectivity index (χ4v) is 4.75. The number of benzene rings is 1. The molecule has 36 heavy (non-hydrogen) atoms. The number of aromatic nitrogens is 1. The second-order valence-corrected chi connectivity index (χ2v) is 9.11. The number of carbonyl (C=O) groups excluding carboxylic acids is 1. The van der Waals surface area contributed by atoms with E-state index in [2.05, 4.69) is 15.3 Å². The van der Waals surface area contributed by atoms with Gasteiger partial charge in [-0.05, 0) is 12.1 Å². The van der Waals surface area contributed by atoms with E-state index >= 15 is 0 Å². The van der Waals surface area contributed by atoms with E-state index in [9.17, 15) is 18.4 Å². The molecule has 0 bridgehead atoms. The predicted molar refractivity (Wildman–Crippen MR) is 128 cm³/mol. The van der Waals surface area contributed by atoms with Gasteiger partial charge in [0.15, 0.2) is 22.5 Å². The Labute approximate surface area is 213 Å². The molecule has 2 atom stereocenters. The van der Waals surface area contributed by atoms with Crippen LogP contribution in [-0.4, -0.2) is 72.2 Å². The van der Waals surface area contributed by atoms with E-state index in [1.807, 2.05) is 4.90 Å². The number of esters is 1. The highest BCUT2D eigenvalue weighted by Crippen LogP contribution is 2.38. The smallest absolute Gasteiger partial charge is 0.338 e. The number of hydrogen-bond donors (Lipinski definition) is 2. The van der Waals surface area contributed by atoms with Crippen molar-refractivity contribution in [1.82, 2.24) is 15.2 Å². The van der Waals surface area contributed by atoms with Gasteiger partial charge in [-0.1, -0.05) is 17.7 Å². The Morgan fingerprint density at radius 1 is 1.42 bits per heavy atom. The van der Waals surface area contributed by atoms with Crippen LogP contribution in [0.1, 0.15) is 16.6 Å². The summed E-state index contributed by atoms with van der Waals surface area (Å²) in [6.45, 7) is 1.38. The average Bonchev–Trinajstić information content (AvgIpc) is 3.41. The van der Waals surface area contributed by atoms with Gasteiger partial charge in [-0.25, -0.2) is 23.4 Å². The first-order valence-corrected chi connectivity index (χ1v) is 12.0. The van der Waals surface area contributed by atoms with E-state index < -0.39 is 40.7 Å². The monoisotopic (exact) mass is 538 g/mol. The van der Waals surface area contributed by atoms with E-state index in [-0.39, 0.29) is 17.7 Å². The third-order valence-corrected chi connectivity index (χ3v) is 6.70. The lowest BCUT2D eigenvalue weighted by Gasteiger charge is -2.34. The molecule has 0 spiro atoms. The number of morpholine rings is 1. The highest BCUT2D eigenvalue weighted by molar-refractivity contribution is 7.11. The van der Waals surface area contributed by atoms with Gasteiger partial charge < -0.3 is 19.9 Å². The number of rotatable bonds is 7. The zero-order chi connectivity index (χ0) is 25.8. The average molecular weight is 539 g/mol. The Morgan fingerprint density at radius 3 is 2.92 bits per heavy atom. The van der Waals surface area contributed by atoms with Crippen LogP contribution in [0.25, 0.3) is 0 Å². The van der Waals surface area contributed by atoms with E-state index in [0.717, 1.165) is 12.1 Å². The van der Waals surface area contributed by atoms with Crippen molar-refractivity contribution < 1.29 is 33.0 Å². The molecule has 1 saturated heterocycles. The molecule has 4 rings (SSSR count). The van der Waals surface area contributed by atoms with Gasteiger partial charge in [0.2, 0.25) is 0 Å². The van der Waals surface area contributed by atoms with Crippen LogP contribution in [0, 0.1) is 11.6 Å². The van der Waals surface area contributed by atoms with Crippen molar-refractivity contribution in [2.24, 2.45) is 4.99 Å². The van der Waals surface area contributed by atoms with Gasteiger partial charge in [0.25, 0.3) is 0 Å². The molecule has 0 amide bonds. The van der Waals surface area contributed by atoms with Crippen LogP contribution in [0.3, 0.4) is 0 Å². The maximum absolute atomic E-state index is 14.4. The van der Waals surface area contributed by atoms with Crippen LogP contribution in [0.4, 0.5) is 8.78 Å². The normalized spacial score (nSPS) is 20.8. The Bertz CT molecular complexity index is 1250. The van der Waals surface area contributed by atoms with Gasteiger partial charge in [-0.15, -0.1) is 11.3 Å². The lowest BCUT2D eigenvalue weighted by molar-refractivity contribution is -0.136. The molecule has 9 nitrogen and oxygen atoms in total. The minimum atomic E-state index is -1.24. The molecule has 0 radical (unpaired) electrons. The molecular weight excluding hydrogens is 518 g/mol. The van der Waals surface area contributed by atoms with Crippen LogP contribution < -0.4 is 5.32 Å². The van der Waals surface area contributed by atoms with E-state index in [1.165, 1.54) is 30.6 Å². The molecule has 13 heteroatoms. The number of aliphatic carboxylic acids is 1. The lowest BCUT2D eigenvalue weighted by atomic mass is 9.95. The fourth-order valence-electron chi connectivity index (χ4n) is 3.90. The van der Waals surface area contributed by atoms with Crippen molar-refractivity contribution in [2.75, 3.05) is 33.4 Å². The summed E-state index contributed by atoms with van der Waals surface area (Å²) >= 11 is 7.46. The number of methoxy groups -OCH3 is 1. The summed E-state index contributed by atoms with van der Waals surface area (Å²) in [7, 11) is 1.21. The number of nitrogens with one attached hydrogen (secondary N) is 1. The van der Waals surface area contributed by atoms with Crippen LogP contribution in [-0.2, 0) is 19.1 Å². The quantitative estimate of drug-likeness (QED) is 0.314. The van der Waals surface area contributed by atoms with Crippen LogP contribution in [0.5, 0.6) is 0 Å². The van der Waals surface area contributed by atoms with Gasteiger partial charge in [0.05, 0.1) is 30.4 Å². The number of halogens is 3. The Hall–Kier alpha value is -3.19. The van der Waals surface area contributed by atoms with Crippen molar-refractivity contribution in [3.05, 3.63) is 74.4 Å². The zero-order valence-electron chi connectivity index (χ0n) is 18.9. The third kappa shape index (κ3) is 5.62. The zero-order valence-corrected chi connectivity index (χ0v) is 20.5. The van der Waals surface area contributed by atoms with Crippen LogP contribution in [0.2, 0.25) is 5.02 Å². The van der Waals surface area contributed by atoms with Crippen molar-refractivity contribution in [2.45, 2.75) is 12.1 Å². The fraction of sp³-hybridized carbons (Fsp3) is 0.304. The molecule has 0 aliphatic carbocycles. The van der Waals surface area contributed by atoms with E-state index in [1.54, 1.807) is 11.6 Å². The number of carboxylic acids is 1. The first-order chi connectivity index (χ1) is 17.3. The molecule has 1 aromatic carbocycles. The van der Waals surface area contributed by atoms with E-state index in [0.29, 0.717) is 36.2 Å². The van der Waals surface area contributed by atoms with Gasteiger partial charge >= 0.3 is 11.9 Å². The first kappa shape index (κ1) is 25.9. The van der Waals surface area contributed by atoms with Crippen molar-refractivity contribution in [3.8, 4) is 0 Å². The number of aliphatic imine (C=N–C) groups is 1. The van der Waals surface area contributed by atoms with E-state index in [4.69, 9.17) is 26.2 Å². The minimum absolute atomic E-state index is 0.0786. The summed E-state index contributed by atoms with van der Waals surface area (Å²) < 4.78 is 38.8. The van der Waals surface area contributed by atoms with Gasteiger partial charge in [0.1, 0.15) is 6.04 Å². The number of hydrogen-bond acceptors (Lipinski definition) is 9. The molecular formula is C23H21ClF2N4O5S. The van der Waals surface area contributed by atoms with Gasteiger partial charge in [0, 0.05) is 48.5 Å². The molecule has 0 saturated carbocycles. The number of carbonyl (C=O) groups is 2. The summed E-state index contributed by atoms with van der Waals surface area (Å²) in [5.41, 5.74) is 0.582. The minimum Gasteiger partial charge on any atom is -0.478 e. The first-order valence-electron chi connectivity index (χ1n) is 10.7. The highest BCUT2D eigenvalue weighted by Gasteiger charge is 2.35. The molecule has 3 heterocycles. The largest absolute Gasteiger partial charge is 0.478 e. The molecule has 2 aliphatic rings. The molecule has 2 aliphatic heterocycles. The maximum Gasteiger partial charge on any atom is 0.338 e. The highest BCUT2D eigenvalue weighted by atomic mass is 35.5. The molecule has 0 unspecified atom stereocenters. The Kier molecular flexibility index (Phi) is 8.09. The number of amidine groups is 1. The molecule has 1 aromatic heterocycles. The number of nitrogens with zero attached hydrogens (tertiary/aromatic N) is 3. The second kappa shape index (κ2) is 11.2. The number of ether oxygens (including phenoxy) is 2. The summed E-state index contributed by atoms with van der Waals surface area (Å²) in [5.74, 6) is -3.85. The summed E-state index contributed by atoms with van der Waals surface area (Å²) in [6, 6.07) is 1.10. The predicted octanol–water partition coefficient (Wildman–Crippen LogP) is 2.93. The van der Waals surface area contributed by atoms with Crippen molar-refractivity contribution >= 4 is 40.7 Å². The van der Waals surface area contributed by atoms with Crippen molar-refractivity contribution in [1.29, 1.82) is 0 Å². The topological polar surface area (TPSA) is 113 Å². The number of carboxylic acid groups (broad SMARTS) is 1. The van der Waals surface area contributed by atoms with Gasteiger partial charge in [-0.2, -0.15) is 0 Å². The second-order valence-electron chi connectivity index (χ2n) is 7.83. The molecule has 190 valence electrons. The Balaban J connectivity index is 1.76. The van der Waals surface area contributed by atoms with Gasteiger partial charge in [-0.3, -0.25) is 9.89 Å². The number of thiazole rings is 1. The lowest BCUT2D eigenvalue weighted by Crippen LogP contribution is -2.46. The van der Waals surface area contributed by atoms with Crippen LogP contribution in [0.15, 0.2) is 52.1 Å². The molecule has 2 N–H and O–H groups in total. The summed E-state index contributed by atoms with van der Waals surface area (Å²) in [4.78, 5) is 34.7. The maximum atomic E-state index is 14.4. The molecule has 1 fully saturated rings. The standard InChI is InChI=1S/C23H21ClF2N4O5S/c1-34-23(33)17-15(11-30-7-8-35-12(10-30)2-5-16(31)32)28-21(22-27-6-9-36-22)29-20(17)13-3-4-14(25)19(26)18(13)24/h2-6,9,12,20H,7-8,10-11H2,1H3,(H,28,29)(H,31,32)/b5-2+/t12-,20+/m1/s1. The summed E-state index contributed by atoms with van der Waals surface area (Å²) in [6.07, 6.45) is 3.58. The summed E-state index contributed by atoms with van der Waals surface area (Å²) in [5, 5.41) is 13.8. The Morgan fingerprint density at radius 2 is 2.22 bits per heavy atom. The molecule has 2 aromatic rings.